The summed E-state index contributed by atoms with van der Waals surface area (Å²) in [7, 11) is -3.68. The minimum Gasteiger partial charge on any atom is -0.333 e. The van der Waals surface area contributed by atoms with Crippen molar-refractivity contribution in [1.29, 1.82) is 0 Å². The van der Waals surface area contributed by atoms with Gasteiger partial charge >= 0.3 is 0 Å². The number of hydrogen-bond acceptors (Lipinski definition) is 6. The van der Waals surface area contributed by atoms with E-state index in [1.807, 2.05) is 0 Å². The Labute approximate surface area is 139 Å². The first-order valence-corrected chi connectivity index (χ1v) is 9.28. The molecule has 3 aromatic rings. The van der Waals surface area contributed by atoms with Gasteiger partial charge in [-0.1, -0.05) is 21.1 Å². The molecule has 0 unspecified atom stereocenters. The Morgan fingerprint density at radius 2 is 1.95 bits per heavy atom. The lowest BCUT2D eigenvalue weighted by Gasteiger charge is -2.07. The molecule has 6 nitrogen and oxygen atoms in total. The third-order valence-corrected chi connectivity index (χ3v) is 5.57. The van der Waals surface area contributed by atoms with Crippen LogP contribution in [0.15, 0.2) is 49.6 Å². The summed E-state index contributed by atoms with van der Waals surface area (Å²) in [5, 5.41) is 5.47. The van der Waals surface area contributed by atoms with E-state index < -0.39 is 10.0 Å². The summed E-state index contributed by atoms with van der Waals surface area (Å²) >= 11 is 4.60. The van der Waals surface area contributed by atoms with Crippen LogP contribution in [-0.4, -0.2) is 18.6 Å². The number of rotatable bonds is 4. The van der Waals surface area contributed by atoms with Gasteiger partial charge in [0.1, 0.15) is 4.88 Å². The van der Waals surface area contributed by atoms with Crippen LogP contribution in [0, 0.1) is 6.92 Å². The average molecular weight is 400 g/mol. The number of halogens is 1. The first-order valence-electron chi connectivity index (χ1n) is 6.12. The lowest BCUT2D eigenvalue weighted by molar-refractivity contribution is 0.426. The first kappa shape index (κ1) is 15.2. The molecule has 0 saturated heterocycles. The van der Waals surface area contributed by atoms with Gasteiger partial charge in [-0.15, -0.1) is 11.3 Å². The highest BCUT2D eigenvalue weighted by Crippen LogP contribution is 2.33. The van der Waals surface area contributed by atoms with Crippen LogP contribution < -0.4 is 4.72 Å². The minimum atomic E-state index is -3.68. The number of sulfonamides is 1. The first-order chi connectivity index (χ1) is 10.5. The van der Waals surface area contributed by atoms with Gasteiger partial charge in [0.15, 0.2) is 5.82 Å². The van der Waals surface area contributed by atoms with Gasteiger partial charge in [0.25, 0.3) is 15.9 Å². The molecule has 0 aliphatic rings. The van der Waals surface area contributed by atoms with Crippen LogP contribution in [-0.2, 0) is 10.0 Å². The smallest absolute Gasteiger partial charge is 0.270 e. The maximum atomic E-state index is 12.4. The third-order valence-electron chi connectivity index (χ3n) is 2.76. The molecule has 0 fully saturated rings. The highest BCUT2D eigenvalue weighted by Gasteiger charge is 2.20. The molecular formula is C13H10BrN3O3S2. The highest BCUT2D eigenvalue weighted by atomic mass is 79.9. The highest BCUT2D eigenvalue weighted by molar-refractivity contribution is 9.10. The molecule has 2 heterocycles. The molecule has 0 atom stereocenters. The molecule has 1 N–H and O–H groups in total. The van der Waals surface area contributed by atoms with E-state index in [2.05, 4.69) is 30.8 Å². The van der Waals surface area contributed by atoms with Gasteiger partial charge in [-0.05, 0) is 42.6 Å². The van der Waals surface area contributed by atoms with Crippen LogP contribution in [0.4, 0.5) is 5.69 Å². The van der Waals surface area contributed by atoms with E-state index in [-0.39, 0.29) is 4.90 Å². The predicted octanol–water partition coefficient (Wildman–Crippen LogP) is 3.67. The van der Waals surface area contributed by atoms with E-state index >= 15 is 0 Å². The van der Waals surface area contributed by atoms with Gasteiger partial charge < -0.3 is 4.52 Å². The number of nitrogens with one attached hydrogen (secondary N) is 1. The molecule has 1 aromatic carbocycles. The van der Waals surface area contributed by atoms with Crippen molar-refractivity contribution in [3.63, 3.8) is 0 Å². The monoisotopic (exact) mass is 399 g/mol. The second-order valence-electron chi connectivity index (χ2n) is 4.37. The largest absolute Gasteiger partial charge is 0.333 e. The maximum absolute atomic E-state index is 12.4. The van der Waals surface area contributed by atoms with Crippen molar-refractivity contribution in [2.24, 2.45) is 0 Å². The number of anilines is 1. The summed E-state index contributed by atoms with van der Waals surface area (Å²) in [6.07, 6.45) is 0. The molecule has 22 heavy (non-hydrogen) atoms. The zero-order valence-electron chi connectivity index (χ0n) is 11.3. The maximum Gasteiger partial charge on any atom is 0.270 e. The Morgan fingerprint density at radius 3 is 2.59 bits per heavy atom. The van der Waals surface area contributed by atoms with Gasteiger partial charge in [-0.3, -0.25) is 4.72 Å². The molecule has 114 valence electrons. The van der Waals surface area contributed by atoms with Gasteiger partial charge in [0, 0.05) is 4.47 Å². The number of nitrogens with zero attached hydrogens (tertiary/aromatic N) is 2. The van der Waals surface area contributed by atoms with Crippen LogP contribution in [0.2, 0.25) is 0 Å². The Hall–Kier alpha value is -1.71. The summed E-state index contributed by atoms with van der Waals surface area (Å²) in [6.45, 7) is 1.70. The van der Waals surface area contributed by atoms with Crippen molar-refractivity contribution in [3.05, 3.63) is 46.0 Å². The van der Waals surface area contributed by atoms with E-state index in [0.29, 0.717) is 22.3 Å². The molecule has 0 saturated carbocycles. The number of benzene rings is 1. The van der Waals surface area contributed by atoms with Crippen LogP contribution in [0.25, 0.3) is 10.8 Å². The minimum absolute atomic E-state index is 0.176. The van der Waals surface area contributed by atoms with E-state index in [1.54, 1.807) is 30.5 Å². The van der Waals surface area contributed by atoms with E-state index in [0.717, 1.165) is 4.47 Å². The fourth-order valence-electron chi connectivity index (χ4n) is 1.76. The topological polar surface area (TPSA) is 85.1 Å². The Morgan fingerprint density at radius 1 is 1.23 bits per heavy atom. The van der Waals surface area contributed by atoms with E-state index in [4.69, 9.17) is 4.52 Å². The normalized spacial score (nSPS) is 11.5. The fourth-order valence-corrected chi connectivity index (χ4v) is 3.93. The van der Waals surface area contributed by atoms with Crippen molar-refractivity contribution in [2.45, 2.75) is 11.8 Å². The summed E-state index contributed by atoms with van der Waals surface area (Å²) in [5.74, 6) is 0.783. The van der Waals surface area contributed by atoms with Crippen LogP contribution in [0.1, 0.15) is 5.82 Å². The molecular weight excluding hydrogens is 390 g/mol. The second-order valence-corrected chi connectivity index (χ2v) is 7.88. The molecule has 0 bridgehead atoms. The Bertz CT molecular complexity index is 901. The van der Waals surface area contributed by atoms with Gasteiger partial charge in [-0.2, -0.15) is 4.98 Å². The second kappa shape index (κ2) is 5.82. The number of thiophene rings is 1. The number of aromatic nitrogens is 2. The molecule has 3 rings (SSSR count). The molecule has 0 aliphatic carbocycles. The van der Waals surface area contributed by atoms with Crippen molar-refractivity contribution in [2.75, 3.05) is 4.72 Å². The molecule has 0 spiro atoms. The SMILES string of the molecule is Cc1noc(-c2sccc2NS(=O)(=O)c2ccc(Br)cc2)n1. The molecule has 0 amide bonds. The van der Waals surface area contributed by atoms with Crippen molar-refractivity contribution < 1.29 is 12.9 Å². The molecule has 0 aliphatic heterocycles. The predicted molar refractivity (Wildman–Crippen MR) is 87.3 cm³/mol. The van der Waals surface area contributed by atoms with Crippen molar-refractivity contribution in [3.8, 4) is 10.8 Å². The lowest BCUT2D eigenvalue weighted by atomic mass is 10.4. The zero-order chi connectivity index (χ0) is 15.7. The van der Waals surface area contributed by atoms with Crippen LogP contribution >= 0.6 is 27.3 Å². The molecule has 0 radical (unpaired) electrons. The third kappa shape index (κ3) is 3.06. The average Bonchev–Trinajstić information content (AvgIpc) is 3.07. The zero-order valence-corrected chi connectivity index (χ0v) is 14.5. The molecule has 2 aromatic heterocycles. The number of hydrogen-bond donors (Lipinski definition) is 1. The van der Waals surface area contributed by atoms with Crippen LogP contribution in [0.3, 0.4) is 0 Å². The summed E-state index contributed by atoms with van der Waals surface area (Å²) in [5.41, 5.74) is 0.413. The van der Waals surface area contributed by atoms with Crippen LogP contribution in [0.5, 0.6) is 0 Å². The Kier molecular flexibility index (Phi) is 4.02. The summed E-state index contributed by atoms with van der Waals surface area (Å²) in [6, 6.07) is 8.05. The summed E-state index contributed by atoms with van der Waals surface area (Å²) < 4.78 is 33.3. The van der Waals surface area contributed by atoms with E-state index in [1.165, 1.54) is 23.5 Å². The standard InChI is InChI=1S/C13H10BrN3O3S2/c1-8-15-13(20-16-8)12-11(6-7-21-12)17-22(18,19)10-4-2-9(14)3-5-10/h2-7,17H,1H3. The van der Waals surface area contributed by atoms with Gasteiger partial charge in [0.2, 0.25) is 0 Å². The Balaban J connectivity index is 1.94. The summed E-state index contributed by atoms with van der Waals surface area (Å²) in [4.78, 5) is 4.88. The lowest BCUT2D eigenvalue weighted by Crippen LogP contribution is -2.12. The molecule has 9 heteroatoms. The van der Waals surface area contributed by atoms with Crippen molar-refractivity contribution in [1.82, 2.24) is 10.1 Å². The quantitative estimate of drug-likeness (QED) is 0.722. The van der Waals surface area contributed by atoms with Crippen molar-refractivity contribution >= 4 is 43.0 Å². The van der Waals surface area contributed by atoms with Gasteiger partial charge in [0.05, 0.1) is 10.6 Å². The fraction of sp³-hybridized carbons (Fsp3) is 0.0769. The number of aryl methyl sites for hydroxylation is 1. The van der Waals surface area contributed by atoms with Gasteiger partial charge in [-0.25, -0.2) is 8.42 Å². The van der Waals surface area contributed by atoms with E-state index in [9.17, 15) is 8.42 Å².